The Kier molecular flexibility index (Phi) is 18.6. The second kappa shape index (κ2) is 18.8. The minimum Gasteiger partial charge on any atom is -0.379 e. The first kappa shape index (κ1) is 19.8. The predicted octanol–water partition coefficient (Wildman–Crippen LogP) is 4.15. The number of alkyl halides is 1. The van der Waals surface area contributed by atoms with Gasteiger partial charge in [-0.05, 0) is 6.42 Å². The van der Waals surface area contributed by atoms with E-state index in [-0.39, 0.29) is 6.61 Å². The van der Waals surface area contributed by atoms with E-state index in [1.807, 2.05) is 0 Å². The number of unbranched alkanes of at least 4 members (excludes halogenated alkanes) is 7. The van der Waals surface area contributed by atoms with Crippen molar-refractivity contribution in [1.29, 1.82) is 0 Å². The number of ether oxygens (including phenoxy) is 3. The molecule has 3 nitrogen and oxygen atoms in total. The monoisotopic (exact) mass is 292 g/mol. The normalized spacial score (nSPS) is 11.1. The summed E-state index contributed by atoms with van der Waals surface area (Å²) in [6.07, 6.45) is 10.6. The van der Waals surface area contributed by atoms with Gasteiger partial charge in [0.05, 0.1) is 33.0 Å². The van der Waals surface area contributed by atoms with Crippen LogP contribution in [0.1, 0.15) is 58.3 Å². The first-order valence-electron chi connectivity index (χ1n) is 8.21. The van der Waals surface area contributed by atoms with E-state index in [1.165, 1.54) is 44.9 Å². The van der Waals surface area contributed by atoms with Gasteiger partial charge in [-0.1, -0.05) is 51.9 Å². The van der Waals surface area contributed by atoms with E-state index in [9.17, 15) is 4.39 Å². The smallest absolute Gasteiger partial charge is 0.113 e. The van der Waals surface area contributed by atoms with E-state index in [2.05, 4.69) is 6.92 Å². The fraction of sp³-hybridized carbons (Fsp3) is 1.00. The van der Waals surface area contributed by atoms with E-state index < -0.39 is 6.67 Å². The number of hydrogen-bond acceptors (Lipinski definition) is 3. The molecule has 122 valence electrons. The van der Waals surface area contributed by atoms with E-state index >= 15 is 0 Å². The zero-order valence-corrected chi connectivity index (χ0v) is 13.2. The molecule has 0 heterocycles. The Morgan fingerprint density at radius 1 is 0.550 bits per heavy atom. The lowest BCUT2D eigenvalue weighted by molar-refractivity contribution is 0.0117. The van der Waals surface area contributed by atoms with Crippen LogP contribution in [0.2, 0.25) is 0 Å². The van der Waals surface area contributed by atoms with Gasteiger partial charge in [0.25, 0.3) is 0 Å². The van der Waals surface area contributed by atoms with Crippen molar-refractivity contribution in [2.45, 2.75) is 58.3 Å². The Morgan fingerprint density at radius 2 is 1.00 bits per heavy atom. The van der Waals surface area contributed by atoms with Crippen molar-refractivity contribution < 1.29 is 18.6 Å². The fourth-order valence-electron chi connectivity index (χ4n) is 1.93. The molecule has 0 aromatic heterocycles. The SMILES string of the molecule is CCCCCCCCCCOCCOCCOCCF. The summed E-state index contributed by atoms with van der Waals surface area (Å²) in [6.45, 7) is 5.02. The molecule has 0 aliphatic rings. The lowest BCUT2D eigenvalue weighted by Crippen LogP contribution is -2.10. The molecule has 0 aromatic carbocycles. The van der Waals surface area contributed by atoms with Gasteiger partial charge in [0, 0.05) is 6.61 Å². The molecule has 0 unspecified atom stereocenters. The van der Waals surface area contributed by atoms with Crippen LogP contribution in [0.15, 0.2) is 0 Å². The molecule has 20 heavy (non-hydrogen) atoms. The molecule has 0 bridgehead atoms. The van der Waals surface area contributed by atoms with Crippen LogP contribution in [0.25, 0.3) is 0 Å². The second-order valence-electron chi connectivity index (χ2n) is 5.00. The maximum atomic E-state index is 11.7. The Balaban J connectivity index is 2.89. The summed E-state index contributed by atoms with van der Waals surface area (Å²) in [5.74, 6) is 0. The summed E-state index contributed by atoms with van der Waals surface area (Å²) in [5, 5.41) is 0. The molecule has 0 fully saturated rings. The Bertz CT molecular complexity index is 150. The average Bonchev–Trinajstić information content (AvgIpc) is 2.47. The minimum absolute atomic E-state index is 0.165. The van der Waals surface area contributed by atoms with Crippen LogP contribution in [0, 0.1) is 0 Å². The molecule has 0 aliphatic heterocycles. The lowest BCUT2D eigenvalue weighted by atomic mass is 10.1. The molecule has 0 aliphatic carbocycles. The van der Waals surface area contributed by atoms with Crippen molar-refractivity contribution in [2.75, 3.05) is 46.3 Å². The van der Waals surface area contributed by atoms with Gasteiger partial charge in [0.1, 0.15) is 6.67 Å². The standard InChI is InChI=1S/C16H33FO3/c1-2-3-4-5-6-7-8-9-11-18-13-15-20-16-14-19-12-10-17/h2-16H2,1H3. The second-order valence-corrected chi connectivity index (χ2v) is 5.00. The van der Waals surface area contributed by atoms with Crippen LogP contribution < -0.4 is 0 Å². The summed E-state index contributed by atoms with van der Waals surface area (Å²) >= 11 is 0. The highest BCUT2D eigenvalue weighted by Crippen LogP contribution is 2.08. The third kappa shape index (κ3) is 17.8. The minimum atomic E-state index is -0.429. The molecule has 0 aromatic rings. The molecule has 4 heteroatoms. The van der Waals surface area contributed by atoms with Crippen LogP contribution in [0.3, 0.4) is 0 Å². The molecule has 0 amide bonds. The lowest BCUT2D eigenvalue weighted by Gasteiger charge is -2.06. The van der Waals surface area contributed by atoms with Gasteiger partial charge in [-0.15, -0.1) is 0 Å². The molecule has 0 radical (unpaired) electrons. The van der Waals surface area contributed by atoms with Crippen LogP contribution in [-0.4, -0.2) is 46.3 Å². The molecule has 0 saturated carbocycles. The summed E-state index contributed by atoms with van der Waals surface area (Å²) in [5.41, 5.74) is 0. The largest absolute Gasteiger partial charge is 0.379 e. The summed E-state index contributed by atoms with van der Waals surface area (Å²) in [6, 6.07) is 0. The van der Waals surface area contributed by atoms with Gasteiger partial charge in [-0.25, -0.2) is 4.39 Å². The number of rotatable bonds is 17. The zero-order chi connectivity index (χ0) is 14.7. The van der Waals surface area contributed by atoms with E-state index in [0.717, 1.165) is 13.0 Å². The van der Waals surface area contributed by atoms with Gasteiger partial charge >= 0.3 is 0 Å². The van der Waals surface area contributed by atoms with E-state index in [0.29, 0.717) is 26.4 Å². The van der Waals surface area contributed by atoms with E-state index in [1.54, 1.807) is 0 Å². The maximum absolute atomic E-state index is 11.7. The Hall–Kier alpha value is -0.190. The molecule has 0 saturated heterocycles. The quantitative estimate of drug-likeness (QED) is 0.377. The molecular weight excluding hydrogens is 259 g/mol. The third-order valence-corrected chi connectivity index (χ3v) is 3.11. The van der Waals surface area contributed by atoms with Crippen LogP contribution in [-0.2, 0) is 14.2 Å². The number of hydrogen-bond donors (Lipinski definition) is 0. The first-order valence-corrected chi connectivity index (χ1v) is 8.21. The van der Waals surface area contributed by atoms with Crippen molar-refractivity contribution >= 4 is 0 Å². The van der Waals surface area contributed by atoms with Gasteiger partial charge < -0.3 is 14.2 Å². The average molecular weight is 292 g/mol. The summed E-state index contributed by atoms with van der Waals surface area (Å²) in [4.78, 5) is 0. The van der Waals surface area contributed by atoms with Gasteiger partial charge in [-0.2, -0.15) is 0 Å². The highest BCUT2D eigenvalue weighted by Gasteiger charge is 1.93. The predicted molar refractivity (Wildman–Crippen MR) is 81.0 cm³/mol. The molecule has 0 rings (SSSR count). The highest BCUT2D eigenvalue weighted by molar-refractivity contribution is 4.45. The zero-order valence-electron chi connectivity index (χ0n) is 13.2. The van der Waals surface area contributed by atoms with Gasteiger partial charge in [0.15, 0.2) is 0 Å². The molecular formula is C16H33FO3. The molecule has 0 spiro atoms. The Morgan fingerprint density at radius 3 is 1.55 bits per heavy atom. The third-order valence-electron chi connectivity index (χ3n) is 3.11. The summed E-state index contributed by atoms with van der Waals surface area (Å²) in [7, 11) is 0. The van der Waals surface area contributed by atoms with Crippen molar-refractivity contribution in [3.05, 3.63) is 0 Å². The van der Waals surface area contributed by atoms with Gasteiger partial charge in [-0.3, -0.25) is 0 Å². The van der Waals surface area contributed by atoms with E-state index in [4.69, 9.17) is 14.2 Å². The highest BCUT2D eigenvalue weighted by atomic mass is 19.1. The van der Waals surface area contributed by atoms with Crippen LogP contribution in [0.4, 0.5) is 4.39 Å². The fourth-order valence-corrected chi connectivity index (χ4v) is 1.93. The van der Waals surface area contributed by atoms with Crippen LogP contribution in [0.5, 0.6) is 0 Å². The first-order chi connectivity index (χ1) is 9.91. The van der Waals surface area contributed by atoms with Crippen LogP contribution >= 0.6 is 0 Å². The van der Waals surface area contributed by atoms with Crippen molar-refractivity contribution in [1.82, 2.24) is 0 Å². The maximum Gasteiger partial charge on any atom is 0.113 e. The number of halogens is 1. The molecule has 0 N–H and O–H groups in total. The Labute approximate surface area is 124 Å². The molecule has 0 atom stereocenters. The van der Waals surface area contributed by atoms with Crippen molar-refractivity contribution in [3.63, 3.8) is 0 Å². The summed E-state index contributed by atoms with van der Waals surface area (Å²) < 4.78 is 27.4. The van der Waals surface area contributed by atoms with Crippen molar-refractivity contribution in [2.24, 2.45) is 0 Å². The van der Waals surface area contributed by atoms with Crippen molar-refractivity contribution in [3.8, 4) is 0 Å². The topological polar surface area (TPSA) is 27.7 Å². The van der Waals surface area contributed by atoms with Gasteiger partial charge in [0.2, 0.25) is 0 Å².